The Balaban J connectivity index is 2.50. The molecule has 1 rings (SSSR count). The van der Waals surface area contributed by atoms with Gasteiger partial charge in [-0.2, -0.15) is 0 Å². The molecule has 1 aromatic carbocycles. The maximum absolute atomic E-state index is 4.91. The Labute approximate surface area is 65.6 Å². The maximum Gasteiger partial charge on any atom is 0.146 e. The molecule has 2 heteroatoms. The molecule has 0 N–H and O–H groups in total. The second-order valence-electron chi connectivity index (χ2n) is 1.89. The van der Waals surface area contributed by atoms with Crippen molar-refractivity contribution >= 4 is 17.8 Å². The summed E-state index contributed by atoms with van der Waals surface area (Å²) in [6, 6.07) is 9.92. The van der Waals surface area contributed by atoms with Crippen LogP contribution in [-0.2, 0) is 11.3 Å². The van der Waals surface area contributed by atoms with Crippen LogP contribution in [0.3, 0.4) is 0 Å². The summed E-state index contributed by atoms with van der Waals surface area (Å²) in [6.45, 7) is 0.574. The Morgan fingerprint density at radius 3 is 2.60 bits per heavy atom. The van der Waals surface area contributed by atoms with E-state index in [4.69, 9.17) is 4.74 Å². The van der Waals surface area contributed by atoms with E-state index in [0.29, 0.717) is 6.61 Å². The summed E-state index contributed by atoms with van der Waals surface area (Å²) >= 11 is 4.50. The Bertz CT molecular complexity index is 196. The number of benzene rings is 1. The van der Waals surface area contributed by atoms with Gasteiger partial charge in [0.15, 0.2) is 0 Å². The van der Waals surface area contributed by atoms with Crippen molar-refractivity contribution < 1.29 is 4.74 Å². The summed E-state index contributed by atoms with van der Waals surface area (Å²) in [6.07, 6.45) is 0. The van der Waals surface area contributed by atoms with Crippen molar-refractivity contribution in [3.05, 3.63) is 35.9 Å². The van der Waals surface area contributed by atoms with Crippen LogP contribution in [0.15, 0.2) is 30.3 Å². The van der Waals surface area contributed by atoms with Crippen molar-refractivity contribution in [3.8, 4) is 0 Å². The lowest BCUT2D eigenvalue weighted by molar-refractivity contribution is 0.315. The Hall–Kier alpha value is -0.890. The van der Waals surface area contributed by atoms with Gasteiger partial charge >= 0.3 is 0 Å². The monoisotopic (exact) mass is 152 g/mol. The van der Waals surface area contributed by atoms with Gasteiger partial charge in [0.05, 0.1) is 0 Å². The lowest BCUT2D eigenvalue weighted by atomic mass is 10.2. The van der Waals surface area contributed by atoms with Gasteiger partial charge in [-0.3, -0.25) is 0 Å². The highest BCUT2D eigenvalue weighted by molar-refractivity contribution is 7.78. The molecule has 0 atom stereocenters. The third-order valence-electron chi connectivity index (χ3n) is 1.16. The molecule has 10 heavy (non-hydrogen) atoms. The summed E-state index contributed by atoms with van der Waals surface area (Å²) in [5.41, 5.74) is 2.43. The van der Waals surface area contributed by atoms with Gasteiger partial charge in [0.2, 0.25) is 0 Å². The Morgan fingerprint density at radius 2 is 2.00 bits per heavy atom. The van der Waals surface area contributed by atoms with E-state index in [1.54, 1.807) is 0 Å². The number of hydrogen-bond donors (Lipinski definition) is 0. The average molecular weight is 152 g/mol. The highest BCUT2D eigenvalue weighted by atomic mass is 32.1. The van der Waals surface area contributed by atoms with Crippen LogP contribution in [0.1, 0.15) is 5.56 Å². The Morgan fingerprint density at radius 1 is 1.30 bits per heavy atom. The van der Waals surface area contributed by atoms with Crippen molar-refractivity contribution in [3.63, 3.8) is 0 Å². The fourth-order valence-corrected chi connectivity index (χ4v) is 0.773. The van der Waals surface area contributed by atoms with Crippen LogP contribution < -0.4 is 0 Å². The van der Waals surface area contributed by atoms with Crippen LogP contribution in [0.5, 0.6) is 0 Å². The second kappa shape index (κ2) is 4.01. The third kappa shape index (κ3) is 2.15. The molecule has 0 aliphatic rings. The average Bonchev–Trinajstić information content (AvgIpc) is 2.03. The summed E-state index contributed by atoms with van der Waals surface area (Å²) in [5, 5.41) is 0. The smallest absolute Gasteiger partial charge is 0.146 e. The van der Waals surface area contributed by atoms with Gasteiger partial charge in [-0.25, -0.2) is 0 Å². The molecule has 0 saturated heterocycles. The van der Waals surface area contributed by atoms with Crippen LogP contribution in [0.4, 0.5) is 0 Å². The molecule has 0 aliphatic carbocycles. The molecule has 0 aromatic heterocycles. The summed E-state index contributed by atoms with van der Waals surface area (Å²) < 4.78 is 4.91. The van der Waals surface area contributed by atoms with E-state index in [-0.39, 0.29) is 0 Å². The largest absolute Gasteiger partial charge is 0.485 e. The molecule has 0 saturated carbocycles. The number of thiocarbonyl (C=S) groups is 1. The molecule has 1 nitrogen and oxygen atoms in total. The first-order chi connectivity index (χ1) is 4.93. The number of hydrogen-bond acceptors (Lipinski definition) is 2. The van der Waals surface area contributed by atoms with Crippen molar-refractivity contribution in [2.24, 2.45) is 0 Å². The minimum atomic E-state index is 0.574. The van der Waals surface area contributed by atoms with Crippen LogP contribution in [-0.4, -0.2) is 5.55 Å². The van der Waals surface area contributed by atoms with Crippen molar-refractivity contribution in [2.75, 3.05) is 0 Å². The lowest BCUT2D eigenvalue weighted by Gasteiger charge is -1.97. The van der Waals surface area contributed by atoms with E-state index >= 15 is 0 Å². The molecule has 0 radical (unpaired) electrons. The lowest BCUT2D eigenvalue weighted by Crippen LogP contribution is -1.86. The van der Waals surface area contributed by atoms with Crippen molar-refractivity contribution in [2.45, 2.75) is 6.61 Å². The summed E-state index contributed by atoms with van der Waals surface area (Å²) in [7, 11) is 0. The first-order valence-corrected chi connectivity index (χ1v) is 3.50. The molecule has 1 aromatic rings. The van der Waals surface area contributed by atoms with Crippen LogP contribution in [0.2, 0.25) is 0 Å². The van der Waals surface area contributed by atoms with Crippen LogP contribution in [0, 0.1) is 0 Å². The van der Waals surface area contributed by atoms with E-state index in [0.717, 1.165) is 5.56 Å². The fourth-order valence-electron chi connectivity index (χ4n) is 0.704. The topological polar surface area (TPSA) is 9.23 Å². The third-order valence-corrected chi connectivity index (χ3v) is 1.30. The van der Waals surface area contributed by atoms with E-state index in [1.807, 2.05) is 30.3 Å². The molecule has 0 bridgehead atoms. The zero-order valence-electron chi connectivity index (χ0n) is 5.49. The zero-order valence-corrected chi connectivity index (χ0v) is 6.30. The molecule has 0 spiro atoms. The minimum absolute atomic E-state index is 0.574. The molecule has 0 unspecified atom stereocenters. The van der Waals surface area contributed by atoms with Gasteiger partial charge in [-0.1, -0.05) is 30.3 Å². The molecular formula is C8H8OS. The molecule has 0 heterocycles. The molecule has 0 amide bonds. The van der Waals surface area contributed by atoms with Crippen LogP contribution >= 0.6 is 12.2 Å². The quantitative estimate of drug-likeness (QED) is 0.614. The highest BCUT2D eigenvalue weighted by Gasteiger charge is 1.86. The summed E-state index contributed by atoms with van der Waals surface area (Å²) in [4.78, 5) is 0. The molecule has 0 aliphatic heterocycles. The van der Waals surface area contributed by atoms with Gasteiger partial charge in [0, 0.05) is 0 Å². The molecule has 52 valence electrons. The first kappa shape index (κ1) is 7.22. The normalized spacial score (nSPS) is 8.80. The van der Waals surface area contributed by atoms with Gasteiger partial charge in [-0.15, -0.1) is 0 Å². The van der Waals surface area contributed by atoms with E-state index in [2.05, 4.69) is 12.2 Å². The van der Waals surface area contributed by atoms with Gasteiger partial charge in [0.25, 0.3) is 0 Å². The van der Waals surface area contributed by atoms with Gasteiger partial charge in [0.1, 0.15) is 12.2 Å². The number of ether oxygens (including phenoxy) is 1. The van der Waals surface area contributed by atoms with Crippen molar-refractivity contribution in [1.29, 1.82) is 0 Å². The minimum Gasteiger partial charge on any atom is -0.485 e. The van der Waals surface area contributed by atoms with E-state index < -0.39 is 0 Å². The van der Waals surface area contributed by atoms with E-state index in [9.17, 15) is 0 Å². The van der Waals surface area contributed by atoms with Crippen LogP contribution in [0.25, 0.3) is 0 Å². The summed E-state index contributed by atoms with van der Waals surface area (Å²) in [5.74, 6) is 0. The first-order valence-electron chi connectivity index (χ1n) is 3.02. The predicted molar refractivity (Wildman–Crippen MR) is 44.9 cm³/mol. The zero-order chi connectivity index (χ0) is 7.23. The van der Waals surface area contributed by atoms with E-state index in [1.165, 1.54) is 5.55 Å². The maximum atomic E-state index is 4.91. The molecular weight excluding hydrogens is 144 g/mol. The van der Waals surface area contributed by atoms with Gasteiger partial charge < -0.3 is 4.74 Å². The fraction of sp³-hybridized carbons (Fsp3) is 0.125. The standard InChI is InChI=1S/C8H8OS/c10-7-9-6-8-4-2-1-3-5-8/h1-5,7H,6H2. The second-order valence-corrected chi connectivity index (χ2v) is 2.09. The van der Waals surface area contributed by atoms with Gasteiger partial charge in [-0.05, 0) is 17.8 Å². The number of rotatable bonds is 3. The SMILES string of the molecule is S=COCc1ccccc1. The highest BCUT2D eigenvalue weighted by Crippen LogP contribution is 1.98. The Kier molecular flexibility index (Phi) is 2.90. The molecule has 0 fully saturated rings. The predicted octanol–water partition coefficient (Wildman–Crippen LogP) is 2.16. The van der Waals surface area contributed by atoms with Crippen molar-refractivity contribution in [1.82, 2.24) is 0 Å².